The second-order valence-electron chi connectivity index (χ2n) is 6.29. The number of fused-ring (bicyclic) bond motifs is 1. The van der Waals surface area contributed by atoms with Crippen LogP contribution in [0.3, 0.4) is 0 Å². The smallest absolute Gasteiger partial charge is 0.141 e. The van der Waals surface area contributed by atoms with Gasteiger partial charge in [0.25, 0.3) is 0 Å². The molecule has 0 aliphatic rings. The first kappa shape index (κ1) is 21.5. The highest BCUT2D eigenvalue weighted by molar-refractivity contribution is 5.91. The summed E-state index contributed by atoms with van der Waals surface area (Å²) in [5.41, 5.74) is 5.45. The van der Waals surface area contributed by atoms with Crippen molar-refractivity contribution in [3.05, 3.63) is 90.3 Å². The summed E-state index contributed by atoms with van der Waals surface area (Å²) >= 11 is 0. The largest absolute Gasteiger partial charge is 0.381 e. The number of nitrogens with one attached hydrogen (secondary N) is 2. The first-order valence-corrected chi connectivity index (χ1v) is 8.64. The van der Waals surface area contributed by atoms with Crippen molar-refractivity contribution < 1.29 is 0 Å². The summed E-state index contributed by atoms with van der Waals surface area (Å²) in [5.74, 6) is 0.821. The Morgan fingerprint density at radius 1 is 0.786 bits per heavy atom. The average molecular weight is 413 g/mol. The number of rotatable bonds is 5. The maximum absolute atomic E-state index is 4.45. The van der Waals surface area contributed by atoms with E-state index in [9.17, 15) is 0 Å². The SMILES string of the molecule is Cc1cccc(Nc2ncnc3ccc(CNc4ccccc4)cc23)c1.Cl.Cl. The second kappa shape index (κ2) is 9.93. The van der Waals surface area contributed by atoms with Crippen LogP contribution in [0.2, 0.25) is 0 Å². The standard InChI is InChI=1S/C22H20N4.2ClH/c1-16-6-5-9-19(12-16)26-22-20-13-17(10-11-21(20)24-15-25-22)14-23-18-7-3-2-4-8-18;;/h2-13,15,23H,14H2,1H3,(H,24,25,26);2*1H. The van der Waals surface area contributed by atoms with E-state index < -0.39 is 0 Å². The molecule has 144 valence electrons. The van der Waals surface area contributed by atoms with Gasteiger partial charge in [0.05, 0.1) is 5.52 Å². The van der Waals surface area contributed by atoms with Crippen molar-refractivity contribution in [2.75, 3.05) is 10.6 Å². The summed E-state index contributed by atoms with van der Waals surface area (Å²) in [6.45, 7) is 2.83. The zero-order valence-electron chi connectivity index (χ0n) is 15.4. The molecule has 0 saturated heterocycles. The molecule has 1 aromatic heterocycles. The van der Waals surface area contributed by atoms with Crippen LogP contribution in [0.1, 0.15) is 11.1 Å². The summed E-state index contributed by atoms with van der Waals surface area (Å²) in [6.07, 6.45) is 1.60. The lowest BCUT2D eigenvalue weighted by Gasteiger charge is -2.11. The van der Waals surface area contributed by atoms with Gasteiger partial charge in [-0.1, -0.05) is 36.4 Å². The molecule has 0 amide bonds. The predicted octanol–water partition coefficient (Wildman–Crippen LogP) is 6.14. The van der Waals surface area contributed by atoms with Gasteiger partial charge in [-0.05, 0) is 54.4 Å². The highest BCUT2D eigenvalue weighted by atomic mass is 35.5. The number of nitrogens with zero attached hydrogens (tertiary/aromatic N) is 2. The van der Waals surface area contributed by atoms with E-state index in [2.05, 4.69) is 63.9 Å². The molecule has 0 unspecified atom stereocenters. The Balaban J connectivity index is 0.00000140. The Bertz CT molecular complexity index is 1040. The molecular formula is C22H22Cl2N4. The van der Waals surface area contributed by atoms with Crippen LogP contribution < -0.4 is 10.6 Å². The molecule has 0 bridgehead atoms. The third kappa shape index (κ3) is 5.12. The van der Waals surface area contributed by atoms with Crippen LogP contribution in [0.5, 0.6) is 0 Å². The van der Waals surface area contributed by atoms with Crippen LogP contribution in [0.4, 0.5) is 17.2 Å². The van der Waals surface area contributed by atoms with Crippen molar-refractivity contribution in [2.24, 2.45) is 0 Å². The number of hydrogen-bond donors (Lipinski definition) is 2. The molecule has 1 heterocycles. The molecule has 4 rings (SSSR count). The third-order valence-corrected chi connectivity index (χ3v) is 4.25. The number of halogens is 2. The Kier molecular flexibility index (Phi) is 7.61. The Morgan fingerprint density at radius 2 is 1.57 bits per heavy atom. The Labute approximate surface area is 177 Å². The molecule has 0 aliphatic heterocycles. The minimum Gasteiger partial charge on any atom is -0.381 e. The molecule has 28 heavy (non-hydrogen) atoms. The highest BCUT2D eigenvalue weighted by Gasteiger charge is 2.06. The summed E-state index contributed by atoms with van der Waals surface area (Å²) in [6, 6.07) is 24.8. The lowest BCUT2D eigenvalue weighted by molar-refractivity contribution is 1.15. The van der Waals surface area contributed by atoms with Crippen LogP contribution in [0.25, 0.3) is 10.9 Å². The Morgan fingerprint density at radius 3 is 2.36 bits per heavy atom. The first-order valence-electron chi connectivity index (χ1n) is 8.64. The van der Waals surface area contributed by atoms with Gasteiger partial charge in [0.2, 0.25) is 0 Å². The second-order valence-corrected chi connectivity index (χ2v) is 6.29. The molecular weight excluding hydrogens is 391 g/mol. The monoisotopic (exact) mass is 412 g/mol. The molecule has 0 radical (unpaired) electrons. The van der Waals surface area contributed by atoms with E-state index in [0.29, 0.717) is 0 Å². The lowest BCUT2D eigenvalue weighted by Crippen LogP contribution is -2.00. The minimum absolute atomic E-state index is 0. The summed E-state index contributed by atoms with van der Waals surface area (Å²) in [7, 11) is 0. The van der Waals surface area contributed by atoms with Gasteiger partial charge in [0, 0.05) is 23.3 Å². The number of aromatic nitrogens is 2. The fourth-order valence-electron chi connectivity index (χ4n) is 2.93. The van der Waals surface area contributed by atoms with Crippen LogP contribution >= 0.6 is 24.8 Å². The van der Waals surface area contributed by atoms with Gasteiger partial charge in [-0.25, -0.2) is 9.97 Å². The van der Waals surface area contributed by atoms with Gasteiger partial charge in [-0.2, -0.15) is 0 Å². The normalized spacial score (nSPS) is 9.89. The number of para-hydroxylation sites is 1. The summed E-state index contributed by atoms with van der Waals surface area (Å²) < 4.78 is 0. The summed E-state index contributed by atoms with van der Waals surface area (Å²) in [5, 5.41) is 7.87. The number of aryl methyl sites for hydroxylation is 1. The minimum atomic E-state index is 0. The van der Waals surface area contributed by atoms with Gasteiger partial charge in [-0.15, -0.1) is 24.8 Å². The topological polar surface area (TPSA) is 49.8 Å². The maximum Gasteiger partial charge on any atom is 0.141 e. The van der Waals surface area contributed by atoms with E-state index in [0.717, 1.165) is 34.6 Å². The van der Waals surface area contributed by atoms with Gasteiger partial charge in [0.1, 0.15) is 12.1 Å². The zero-order valence-corrected chi connectivity index (χ0v) is 17.1. The zero-order chi connectivity index (χ0) is 17.8. The molecule has 4 aromatic rings. The van der Waals surface area contributed by atoms with Gasteiger partial charge < -0.3 is 10.6 Å². The molecule has 0 saturated carbocycles. The lowest BCUT2D eigenvalue weighted by atomic mass is 10.1. The maximum atomic E-state index is 4.45. The van der Waals surface area contributed by atoms with Crippen LogP contribution in [-0.4, -0.2) is 9.97 Å². The van der Waals surface area contributed by atoms with Crippen molar-refractivity contribution in [1.29, 1.82) is 0 Å². The molecule has 0 atom stereocenters. The van der Waals surface area contributed by atoms with E-state index in [-0.39, 0.29) is 24.8 Å². The summed E-state index contributed by atoms with van der Waals surface area (Å²) in [4.78, 5) is 8.84. The van der Waals surface area contributed by atoms with E-state index in [4.69, 9.17) is 0 Å². The number of benzene rings is 3. The number of anilines is 3. The van der Waals surface area contributed by atoms with Crippen LogP contribution in [0.15, 0.2) is 79.1 Å². The Hall–Kier alpha value is -2.82. The van der Waals surface area contributed by atoms with Gasteiger partial charge >= 0.3 is 0 Å². The van der Waals surface area contributed by atoms with Gasteiger partial charge in [-0.3, -0.25) is 0 Å². The van der Waals surface area contributed by atoms with Crippen molar-refractivity contribution in [2.45, 2.75) is 13.5 Å². The van der Waals surface area contributed by atoms with Crippen molar-refractivity contribution >= 4 is 52.9 Å². The molecule has 3 aromatic carbocycles. The van der Waals surface area contributed by atoms with Crippen molar-refractivity contribution in [3.8, 4) is 0 Å². The van der Waals surface area contributed by atoms with E-state index >= 15 is 0 Å². The predicted molar refractivity (Wildman–Crippen MR) is 122 cm³/mol. The van der Waals surface area contributed by atoms with Crippen LogP contribution in [-0.2, 0) is 6.54 Å². The number of hydrogen-bond acceptors (Lipinski definition) is 4. The molecule has 4 nitrogen and oxygen atoms in total. The fraction of sp³-hybridized carbons (Fsp3) is 0.0909. The van der Waals surface area contributed by atoms with Crippen LogP contribution in [0, 0.1) is 6.92 Å². The van der Waals surface area contributed by atoms with E-state index in [1.165, 1.54) is 11.1 Å². The molecule has 6 heteroatoms. The van der Waals surface area contributed by atoms with Crippen molar-refractivity contribution in [1.82, 2.24) is 9.97 Å². The first-order chi connectivity index (χ1) is 12.8. The van der Waals surface area contributed by atoms with E-state index in [1.54, 1.807) is 6.33 Å². The molecule has 0 fully saturated rings. The fourth-order valence-corrected chi connectivity index (χ4v) is 2.93. The molecule has 0 spiro atoms. The van der Waals surface area contributed by atoms with Crippen molar-refractivity contribution in [3.63, 3.8) is 0 Å². The average Bonchev–Trinajstić information content (AvgIpc) is 2.67. The van der Waals surface area contributed by atoms with Gasteiger partial charge in [0.15, 0.2) is 0 Å². The highest BCUT2D eigenvalue weighted by Crippen LogP contribution is 2.24. The molecule has 2 N–H and O–H groups in total. The third-order valence-electron chi connectivity index (χ3n) is 4.25. The van der Waals surface area contributed by atoms with E-state index in [1.807, 2.05) is 36.4 Å². The quantitative estimate of drug-likeness (QED) is 0.413. The molecule has 0 aliphatic carbocycles.